The molecule has 0 saturated heterocycles. The van der Waals surface area contributed by atoms with Gasteiger partial charge >= 0.3 is 0 Å². The van der Waals surface area contributed by atoms with Crippen molar-refractivity contribution in [1.29, 1.82) is 0 Å². The molecule has 0 saturated carbocycles. The monoisotopic (exact) mass is 403 g/mol. The van der Waals surface area contributed by atoms with E-state index in [4.69, 9.17) is 22.3 Å². The summed E-state index contributed by atoms with van der Waals surface area (Å²) in [6.45, 7) is 12.6. The largest absolute Gasteiger partial charge is 0.402 e. The van der Waals surface area contributed by atoms with Crippen LogP contribution < -0.4 is 17.2 Å². The smallest absolute Gasteiger partial charge is 0.0824 e. The van der Waals surface area contributed by atoms with Gasteiger partial charge in [0, 0.05) is 17.1 Å². The van der Waals surface area contributed by atoms with Gasteiger partial charge in [0.1, 0.15) is 0 Å². The highest BCUT2D eigenvalue weighted by Gasteiger charge is 2.03. The highest BCUT2D eigenvalue weighted by molar-refractivity contribution is 5.16. The summed E-state index contributed by atoms with van der Waals surface area (Å²) in [5, 5.41) is 9.05. The van der Waals surface area contributed by atoms with E-state index in [0.29, 0.717) is 5.70 Å². The third kappa shape index (κ3) is 13.0. The number of nitrogens with two attached hydrogens (primary N) is 3. The van der Waals surface area contributed by atoms with E-state index in [9.17, 15) is 0 Å². The van der Waals surface area contributed by atoms with E-state index in [1.807, 2.05) is 6.92 Å². The molecule has 0 heterocycles. The third-order valence-electron chi connectivity index (χ3n) is 5.46. The molecule has 0 atom stereocenters. The minimum Gasteiger partial charge on any atom is -0.402 e. The van der Waals surface area contributed by atoms with E-state index < -0.39 is 0 Å². The summed E-state index contributed by atoms with van der Waals surface area (Å²) in [6, 6.07) is 0. The van der Waals surface area contributed by atoms with Crippen molar-refractivity contribution in [2.45, 2.75) is 92.9 Å². The van der Waals surface area contributed by atoms with Gasteiger partial charge in [-0.25, -0.2) is 0 Å². The quantitative estimate of drug-likeness (QED) is 0.296. The normalized spacial score (nSPS) is 14.8. The molecule has 0 aromatic carbocycles. The zero-order valence-corrected chi connectivity index (χ0v) is 19.7. The van der Waals surface area contributed by atoms with E-state index in [2.05, 4.69) is 46.8 Å². The van der Waals surface area contributed by atoms with E-state index in [-0.39, 0.29) is 6.61 Å². The molecule has 0 rings (SSSR count). The number of rotatable bonds is 13. The Kier molecular flexibility index (Phi) is 14.0. The summed E-state index contributed by atoms with van der Waals surface area (Å²) in [6.07, 6.45) is 12.0. The van der Waals surface area contributed by atoms with Gasteiger partial charge in [0.2, 0.25) is 0 Å². The Labute approximate surface area is 179 Å². The Morgan fingerprint density at radius 1 is 0.586 bits per heavy atom. The molecule has 0 aliphatic rings. The lowest BCUT2D eigenvalue weighted by atomic mass is 10.0. The number of aliphatic hydroxyl groups excluding tert-OH is 1. The lowest BCUT2D eigenvalue weighted by Gasteiger charge is -2.11. The van der Waals surface area contributed by atoms with Gasteiger partial charge in [0.05, 0.1) is 6.61 Å². The molecule has 4 heteroatoms. The average Bonchev–Trinajstić information content (AvgIpc) is 2.68. The summed E-state index contributed by atoms with van der Waals surface area (Å²) < 4.78 is 0. The van der Waals surface area contributed by atoms with Gasteiger partial charge in [0.25, 0.3) is 0 Å². The zero-order chi connectivity index (χ0) is 22.4. The van der Waals surface area contributed by atoms with E-state index >= 15 is 0 Å². The summed E-state index contributed by atoms with van der Waals surface area (Å²) in [4.78, 5) is 0. The summed E-state index contributed by atoms with van der Waals surface area (Å²) >= 11 is 0. The van der Waals surface area contributed by atoms with Crippen molar-refractivity contribution in [1.82, 2.24) is 0 Å². The Bertz CT molecular complexity index is 660. The predicted octanol–water partition coefficient (Wildman–Crippen LogP) is 5.71. The molecule has 0 aliphatic carbocycles. The zero-order valence-electron chi connectivity index (χ0n) is 19.7. The number of hydrogen-bond donors (Lipinski definition) is 4. The standard InChI is InChI=1S/C25H45N3O/c1-18(2)9-7-11-20(4)24(27)16-14-22(6)23(26)15-13-19(3)10-8-12-21(5)25(28)17-29/h9-10,29H,7-8,11-17,26-28H2,1-6H3/b19-10+,23-22-,24-20-,25-21-. The van der Waals surface area contributed by atoms with Crippen LogP contribution in [0.4, 0.5) is 0 Å². The topological polar surface area (TPSA) is 98.3 Å². The molecule has 166 valence electrons. The first-order valence-electron chi connectivity index (χ1n) is 10.8. The first-order chi connectivity index (χ1) is 13.6. The maximum atomic E-state index is 9.05. The molecule has 0 fully saturated rings. The molecule has 0 amide bonds. The predicted molar refractivity (Wildman–Crippen MR) is 128 cm³/mol. The molecule has 4 nitrogen and oxygen atoms in total. The number of hydrogen-bond acceptors (Lipinski definition) is 4. The van der Waals surface area contributed by atoms with Crippen LogP contribution in [0.1, 0.15) is 92.9 Å². The van der Waals surface area contributed by atoms with Crippen molar-refractivity contribution in [2.75, 3.05) is 6.61 Å². The molecule has 0 aromatic heterocycles. The van der Waals surface area contributed by atoms with Gasteiger partial charge in [-0.3, -0.25) is 0 Å². The molecule has 0 aliphatic heterocycles. The van der Waals surface area contributed by atoms with Gasteiger partial charge in [-0.2, -0.15) is 0 Å². The van der Waals surface area contributed by atoms with Crippen molar-refractivity contribution in [3.8, 4) is 0 Å². The second kappa shape index (κ2) is 15.0. The average molecular weight is 404 g/mol. The summed E-state index contributed by atoms with van der Waals surface area (Å²) in [5.74, 6) is 0. The molecular formula is C25H45N3O. The van der Waals surface area contributed by atoms with Crippen molar-refractivity contribution >= 4 is 0 Å². The Hall–Kier alpha value is -1.94. The molecule has 0 radical (unpaired) electrons. The van der Waals surface area contributed by atoms with Crippen molar-refractivity contribution in [3.05, 3.63) is 57.1 Å². The Morgan fingerprint density at radius 2 is 1.03 bits per heavy atom. The fraction of sp³-hybridized carbons (Fsp3) is 0.600. The lowest BCUT2D eigenvalue weighted by molar-refractivity contribution is 0.328. The minimum absolute atomic E-state index is 0.0657. The first-order valence-corrected chi connectivity index (χ1v) is 10.8. The number of allylic oxidation sites excluding steroid dienone is 9. The van der Waals surface area contributed by atoms with Crippen LogP contribution in [0.15, 0.2) is 57.1 Å². The molecule has 7 N–H and O–H groups in total. The van der Waals surface area contributed by atoms with Crippen LogP contribution in [0, 0.1) is 0 Å². The molecule has 0 aromatic rings. The maximum absolute atomic E-state index is 9.05. The van der Waals surface area contributed by atoms with E-state index in [1.165, 1.54) is 22.3 Å². The third-order valence-corrected chi connectivity index (χ3v) is 5.46. The van der Waals surface area contributed by atoms with Crippen LogP contribution in [0.25, 0.3) is 0 Å². The molecule has 0 spiro atoms. The second-order valence-electron chi connectivity index (χ2n) is 8.48. The fourth-order valence-corrected chi connectivity index (χ4v) is 2.91. The van der Waals surface area contributed by atoms with Gasteiger partial charge in [-0.15, -0.1) is 0 Å². The SMILES string of the molecule is CC(C)=CCC/C(C)=C(\N)CC/C(C)=C(\N)CC/C(C)=C/CC/C(C)=C(\N)CO. The molecule has 0 bridgehead atoms. The first kappa shape index (κ1) is 27.1. The van der Waals surface area contributed by atoms with Gasteiger partial charge in [-0.1, -0.05) is 40.0 Å². The van der Waals surface area contributed by atoms with Crippen molar-refractivity contribution in [3.63, 3.8) is 0 Å². The molecule has 29 heavy (non-hydrogen) atoms. The number of aliphatic hydroxyl groups is 1. The van der Waals surface area contributed by atoms with Gasteiger partial charge < -0.3 is 22.3 Å². The Morgan fingerprint density at radius 3 is 1.55 bits per heavy atom. The van der Waals surface area contributed by atoms with E-state index in [0.717, 1.165) is 68.3 Å². The molecule has 0 unspecified atom stereocenters. The highest BCUT2D eigenvalue weighted by atomic mass is 16.3. The van der Waals surface area contributed by atoms with Crippen LogP contribution in [0.3, 0.4) is 0 Å². The second-order valence-corrected chi connectivity index (χ2v) is 8.48. The fourth-order valence-electron chi connectivity index (χ4n) is 2.91. The van der Waals surface area contributed by atoms with Crippen LogP contribution in [0.2, 0.25) is 0 Å². The highest BCUT2D eigenvalue weighted by Crippen LogP contribution is 2.19. The van der Waals surface area contributed by atoms with E-state index in [1.54, 1.807) is 0 Å². The van der Waals surface area contributed by atoms with Crippen LogP contribution in [0.5, 0.6) is 0 Å². The lowest BCUT2D eigenvalue weighted by Crippen LogP contribution is -2.05. The minimum atomic E-state index is -0.0657. The van der Waals surface area contributed by atoms with Gasteiger partial charge in [-0.05, 0) is 92.9 Å². The maximum Gasteiger partial charge on any atom is 0.0824 e. The molecular weight excluding hydrogens is 358 g/mol. The van der Waals surface area contributed by atoms with Gasteiger partial charge in [0.15, 0.2) is 0 Å². The Balaban J connectivity index is 4.50. The van der Waals surface area contributed by atoms with Crippen LogP contribution in [-0.4, -0.2) is 11.7 Å². The summed E-state index contributed by atoms with van der Waals surface area (Å²) in [5.41, 5.74) is 27.2. The van der Waals surface area contributed by atoms with Crippen LogP contribution >= 0.6 is 0 Å². The summed E-state index contributed by atoms with van der Waals surface area (Å²) in [7, 11) is 0. The van der Waals surface area contributed by atoms with Crippen LogP contribution in [-0.2, 0) is 0 Å². The van der Waals surface area contributed by atoms with Crippen molar-refractivity contribution < 1.29 is 5.11 Å². The van der Waals surface area contributed by atoms with Crippen molar-refractivity contribution in [2.24, 2.45) is 17.2 Å².